The second-order valence-corrected chi connectivity index (χ2v) is 20.2. The van der Waals surface area contributed by atoms with Crippen molar-refractivity contribution in [2.75, 3.05) is 65.1 Å². The summed E-state index contributed by atoms with van der Waals surface area (Å²) >= 11 is 0. The first kappa shape index (κ1) is 51.6. The van der Waals surface area contributed by atoms with Crippen molar-refractivity contribution < 1.29 is 33.4 Å². The van der Waals surface area contributed by atoms with Crippen molar-refractivity contribution in [3.63, 3.8) is 0 Å². The standard InChI is InChI=1S/C56H69N9O7/c1-8-64-49-19-14-40-31-44(49)45(52(64)46-33-57-22-20-41(46)34-70-7)32-56(4,5)35-72-55(69)47-13-10-24-65(61-47)54(68)48(30-38-11-9-12-39(40)29-38)60-53(67)51(37(2)3)62(6)50(66)21-23-58-36-59-42-15-17-43(18-16-42)63-25-27-71-28-26-63/h9,11-12,14-20,22,29,31,33,37,47-48,51,61H,8,10,13,21,23-28,30,32,34-35H2,1-7H3,(H,60,67)/t47-,48-,51-/m0/s1. The maximum absolute atomic E-state index is 14.7. The Morgan fingerprint density at radius 2 is 1.81 bits per heavy atom. The Morgan fingerprint density at radius 1 is 1.03 bits per heavy atom. The van der Waals surface area contributed by atoms with Gasteiger partial charge in [0.05, 0.1) is 50.4 Å². The fraction of sp³-hybridized carbons (Fsp3) is 0.464. The number of fused-ring (bicyclic) bond motifs is 6. The van der Waals surface area contributed by atoms with E-state index >= 15 is 0 Å². The van der Waals surface area contributed by atoms with Gasteiger partial charge < -0.3 is 33.9 Å². The number of cyclic esters (lactones) is 1. The number of likely N-dealkylation sites (N-methyl/N-ethyl adjacent to an activating group) is 1. The van der Waals surface area contributed by atoms with Gasteiger partial charge in [0.1, 0.15) is 18.1 Å². The molecule has 2 N–H and O–H groups in total. The van der Waals surface area contributed by atoms with Crippen molar-refractivity contribution in [1.29, 1.82) is 0 Å². The molecule has 5 heterocycles. The van der Waals surface area contributed by atoms with Gasteiger partial charge in [-0.05, 0) is 102 Å². The molecule has 6 bridgehead atoms. The summed E-state index contributed by atoms with van der Waals surface area (Å²) in [5, 5.41) is 5.59. The molecule has 3 aliphatic heterocycles. The molecule has 0 aliphatic carbocycles. The van der Waals surface area contributed by atoms with E-state index in [4.69, 9.17) is 14.2 Å². The number of nitrogens with zero attached hydrogens (tertiary/aromatic N) is 7. The molecule has 3 aliphatic rings. The van der Waals surface area contributed by atoms with Gasteiger partial charge in [-0.1, -0.05) is 58.0 Å². The first-order chi connectivity index (χ1) is 34.7. The van der Waals surface area contributed by atoms with Crippen LogP contribution in [-0.4, -0.2) is 127 Å². The fourth-order valence-electron chi connectivity index (χ4n) is 10.2. The van der Waals surface area contributed by atoms with Crippen LogP contribution in [0.25, 0.3) is 33.3 Å². The summed E-state index contributed by atoms with van der Waals surface area (Å²) in [7, 11) is 3.30. The van der Waals surface area contributed by atoms with Crippen LogP contribution in [0.15, 0.2) is 95.2 Å². The largest absolute Gasteiger partial charge is 0.464 e. The molecule has 0 saturated carbocycles. The van der Waals surface area contributed by atoms with Crippen LogP contribution in [0.3, 0.4) is 0 Å². The van der Waals surface area contributed by atoms with E-state index in [9.17, 15) is 19.2 Å². The molecule has 2 fully saturated rings. The SMILES string of the molecule is CCn1c(-c2cnccc2COC)c2c3cc(ccc31)-c1cccc(c1)C[C@H](NC(=O)[C@H](C(C)C)N(C)C(=O)CCN=C=Nc1ccc(N3CCOCC3)cc1)C(=O)N1CCC[C@H](N1)C(=O)OCC(C)(C)C2. The predicted octanol–water partition coefficient (Wildman–Crippen LogP) is 7.40. The van der Waals surface area contributed by atoms with Gasteiger partial charge in [0, 0.05) is 93.1 Å². The Kier molecular flexibility index (Phi) is 16.7. The number of anilines is 1. The second-order valence-electron chi connectivity index (χ2n) is 20.2. The number of aliphatic imine (C=N–C) groups is 2. The minimum atomic E-state index is -1.04. The molecular formula is C56H69N9O7. The van der Waals surface area contributed by atoms with Gasteiger partial charge in [0.15, 0.2) is 0 Å². The van der Waals surface area contributed by atoms with E-state index in [1.165, 1.54) is 9.91 Å². The molecule has 3 atom stereocenters. The van der Waals surface area contributed by atoms with Gasteiger partial charge in [-0.25, -0.2) is 10.4 Å². The van der Waals surface area contributed by atoms with E-state index in [-0.39, 0.29) is 37.8 Å². The smallest absolute Gasteiger partial charge is 0.324 e. The lowest BCUT2D eigenvalue weighted by Gasteiger charge is -2.36. The lowest BCUT2D eigenvalue weighted by Crippen LogP contribution is -2.62. The topological polar surface area (TPSA) is 172 Å². The van der Waals surface area contributed by atoms with E-state index in [2.05, 4.69) is 92.3 Å². The minimum absolute atomic E-state index is 0.0308. The second kappa shape index (κ2) is 23.2. The zero-order chi connectivity index (χ0) is 50.9. The summed E-state index contributed by atoms with van der Waals surface area (Å²) in [5.41, 5.74) is 12.5. The van der Waals surface area contributed by atoms with Crippen LogP contribution in [0.5, 0.6) is 0 Å². The Labute approximate surface area is 422 Å². The van der Waals surface area contributed by atoms with Gasteiger partial charge >= 0.3 is 5.97 Å². The highest BCUT2D eigenvalue weighted by atomic mass is 16.5. The first-order valence-corrected chi connectivity index (χ1v) is 25.3. The number of rotatable bonds is 13. The van der Waals surface area contributed by atoms with E-state index < -0.39 is 41.3 Å². The third kappa shape index (κ3) is 12.0. The maximum atomic E-state index is 14.7. The lowest BCUT2D eigenvalue weighted by atomic mass is 9.84. The van der Waals surface area contributed by atoms with E-state index in [0.29, 0.717) is 57.9 Å². The molecule has 5 aromatic rings. The number of carbonyl (C=O) groups excluding carboxylic acids is 4. The third-order valence-electron chi connectivity index (χ3n) is 13.9. The van der Waals surface area contributed by atoms with E-state index in [1.807, 2.05) is 62.5 Å². The number of aryl methyl sites for hydroxylation is 1. The van der Waals surface area contributed by atoms with Crippen LogP contribution in [-0.2, 0) is 59.4 Å². The maximum Gasteiger partial charge on any atom is 0.324 e. The van der Waals surface area contributed by atoms with Gasteiger partial charge in [0.2, 0.25) is 11.8 Å². The highest BCUT2D eigenvalue weighted by Crippen LogP contribution is 2.41. The fourth-order valence-corrected chi connectivity index (χ4v) is 10.2. The molecule has 380 valence electrons. The number of aromatic nitrogens is 2. The van der Waals surface area contributed by atoms with Gasteiger partial charge in [-0.2, -0.15) is 4.99 Å². The summed E-state index contributed by atoms with van der Waals surface area (Å²) in [4.78, 5) is 73.7. The Bertz CT molecular complexity index is 2810. The van der Waals surface area contributed by atoms with Gasteiger partial charge in [-0.3, -0.25) is 29.2 Å². The number of hydrogen-bond donors (Lipinski definition) is 2. The summed E-state index contributed by atoms with van der Waals surface area (Å²) in [6, 6.07) is 24.4. The zero-order valence-electron chi connectivity index (χ0n) is 42.8. The first-order valence-electron chi connectivity index (χ1n) is 25.3. The summed E-state index contributed by atoms with van der Waals surface area (Å²) in [6.07, 6.45) is 5.50. The molecule has 16 heteroatoms. The van der Waals surface area contributed by atoms with Crippen molar-refractivity contribution >= 4 is 52.0 Å². The third-order valence-corrected chi connectivity index (χ3v) is 13.9. The number of hydrogen-bond acceptors (Lipinski definition) is 12. The number of ether oxygens (including phenoxy) is 3. The molecule has 0 radical (unpaired) electrons. The van der Waals surface area contributed by atoms with Gasteiger partial charge in [0.25, 0.3) is 5.91 Å². The summed E-state index contributed by atoms with van der Waals surface area (Å²) < 4.78 is 19.6. The normalized spacial score (nSPS) is 18.7. The number of morpholine rings is 1. The number of hydrazine groups is 1. The molecule has 16 nitrogen and oxygen atoms in total. The number of benzene rings is 3. The number of nitrogens with one attached hydrogen (secondary N) is 2. The Hall–Kier alpha value is -6.71. The highest BCUT2D eigenvalue weighted by Gasteiger charge is 2.37. The molecule has 2 aromatic heterocycles. The molecule has 3 aromatic carbocycles. The lowest BCUT2D eigenvalue weighted by molar-refractivity contribution is -0.155. The number of pyridine rings is 1. The predicted molar refractivity (Wildman–Crippen MR) is 279 cm³/mol. The monoisotopic (exact) mass is 980 g/mol. The van der Waals surface area contributed by atoms with Crippen LogP contribution in [0.4, 0.5) is 11.4 Å². The van der Waals surface area contributed by atoms with Crippen molar-refractivity contribution in [3.05, 3.63) is 102 Å². The van der Waals surface area contributed by atoms with Crippen LogP contribution >= 0.6 is 0 Å². The molecule has 72 heavy (non-hydrogen) atoms. The van der Waals surface area contributed by atoms with Crippen LogP contribution in [0.1, 0.15) is 70.6 Å². The van der Waals surface area contributed by atoms with Crippen LogP contribution < -0.4 is 15.6 Å². The highest BCUT2D eigenvalue weighted by molar-refractivity contribution is 5.96. The average molecular weight is 980 g/mol. The number of amides is 3. The molecule has 0 spiro atoms. The summed E-state index contributed by atoms with van der Waals surface area (Å²) in [6.45, 7) is 14.9. The minimum Gasteiger partial charge on any atom is -0.464 e. The number of methoxy groups -OCH3 is 1. The summed E-state index contributed by atoms with van der Waals surface area (Å²) in [5.74, 6) is -1.89. The quantitative estimate of drug-likeness (QED) is 0.0895. The van der Waals surface area contributed by atoms with E-state index in [1.54, 1.807) is 20.4 Å². The van der Waals surface area contributed by atoms with Crippen molar-refractivity contribution in [1.82, 2.24) is 30.2 Å². The van der Waals surface area contributed by atoms with Crippen LogP contribution in [0, 0.1) is 11.3 Å². The number of carbonyl (C=O) groups is 4. The molecule has 0 unspecified atom stereocenters. The Morgan fingerprint density at radius 3 is 2.56 bits per heavy atom. The molecule has 8 rings (SSSR count). The Balaban J connectivity index is 1.06. The molecule has 2 saturated heterocycles. The van der Waals surface area contributed by atoms with Crippen LogP contribution in [0.2, 0.25) is 0 Å². The molecule has 3 amide bonds. The van der Waals surface area contributed by atoms with Crippen molar-refractivity contribution in [2.45, 2.75) is 98.0 Å². The van der Waals surface area contributed by atoms with Crippen molar-refractivity contribution in [2.24, 2.45) is 21.3 Å². The average Bonchev–Trinajstić information content (AvgIpc) is 3.69. The van der Waals surface area contributed by atoms with Crippen molar-refractivity contribution in [3.8, 4) is 22.4 Å². The number of esters is 1. The van der Waals surface area contributed by atoms with Gasteiger partial charge in [-0.15, -0.1) is 0 Å². The molecular weight excluding hydrogens is 911 g/mol. The van der Waals surface area contributed by atoms with E-state index in [0.717, 1.165) is 68.8 Å². The zero-order valence-corrected chi connectivity index (χ0v) is 42.8.